The number of benzene rings is 1. The van der Waals surface area contributed by atoms with Crippen molar-refractivity contribution < 1.29 is 22.8 Å². The van der Waals surface area contributed by atoms with Gasteiger partial charge in [0.2, 0.25) is 10.0 Å². The molecule has 9 nitrogen and oxygen atoms in total. The van der Waals surface area contributed by atoms with Crippen LogP contribution < -0.4 is 15.4 Å². The van der Waals surface area contributed by atoms with Crippen LogP contribution in [0.4, 0.5) is 10.5 Å². The maximum absolute atomic E-state index is 12.6. The minimum Gasteiger partial charge on any atom is -0.350 e. The number of carbonyl (C=O) groups excluding carboxylic acids is 3. The van der Waals surface area contributed by atoms with Gasteiger partial charge in [-0.2, -0.15) is 0 Å². The molecule has 26 heavy (non-hydrogen) atoms. The van der Waals surface area contributed by atoms with E-state index in [4.69, 9.17) is 0 Å². The second-order valence-electron chi connectivity index (χ2n) is 5.90. The summed E-state index contributed by atoms with van der Waals surface area (Å²) in [6.07, 6.45) is 0.714. The standard InChI is InChI=1S/C16H20N4O5S/c1-4-9(2)17-14(21)11-7-5-6-8-12(11)20-26(24,25)13-10(3)18-16(23)19-15(13)22/h5-9,13,20H,4H2,1-3H3,(H,17,21)(H,19,22,23). The first kappa shape index (κ1) is 19.6. The van der Waals surface area contributed by atoms with Gasteiger partial charge in [-0.25, -0.2) is 18.2 Å². The Morgan fingerprint density at radius 3 is 2.58 bits per heavy atom. The molecule has 1 aromatic carbocycles. The lowest BCUT2D eigenvalue weighted by molar-refractivity contribution is -0.118. The van der Waals surface area contributed by atoms with Gasteiger partial charge in [0.25, 0.3) is 11.8 Å². The van der Waals surface area contributed by atoms with Gasteiger partial charge in [0.1, 0.15) is 0 Å². The average Bonchev–Trinajstić information content (AvgIpc) is 2.53. The van der Waals surface area contributed by atoms with Crippen molar-refractivity contribution in [3.05, 3.63) is 29.8 Å². The third kappa shape index (κ3) is 4.26. The minimum absolute atomic E-state index is 0.0332. The number of anilines is 1. The topological polar surface area (TPSA) is 134 Å². The molecule has 2 unspecified atom stereocenters. The fourth-order valence-electron chi connectivity index (χ4n) is 2.36. The highest BCUT2D eigenvalue weighted by molar-refractivity contribution is 7.94. The van der Waals surface area contributed by atoms with Crippen LogP contribution in [0, 0.1) is 0 Å². The lowest BCUT2D eigenvalue weighted by atomic mass is 10.1. The molecule has 10 heteroatoms. The van der Waals surface area contributed by atoms with Crippen molar-refractivity contribution in [1.29, 1.82) is 0 Å². The summed E-state index contributed by atoms with van der Waals surface area (Å²) in [5.41, 5.74) is 0.0110. The lowest BCUT2D eigenvalue weighted by Gasteiger charge is -2.21. The number of aliphatic imine (C=N–C) groups is 1. The summed E-state index contributed by atoms with van der Waals surface area (Å²) in [7, 11) is -4.27. The van der Waals surface area contributed by atoms with Crippen LogP contribution in [-0.2, 0) is 14.8 Å². The van der Waals surface area contributed by atoms with Gasteiger partial charge in [-0.15, -0.1) is 0 Å². The van der Waals surface area contributed by atoms with Crippen molar-refractivity contribution in [3.8, 4) is 0 Å². The summed E-state index contributed by atoms with van der Waals surface area (Å²) in [6.45, 7) is 5.01. The van der Waals surface area contributed by atoms with Crippen molar-refractivity contribution in [2.45, 2.75) is 38.5 Å². The predicted octanol–water partition coefficient (Wildman–Crippen LogP) is 1.04. The summed E-state index contributed by atoms with van der Waals surface area (Å²) in [5.74, 6) is -1.43. The molecule has 1 heterocycles. The molecule has 2 rings (SSSR count). The normalized spacial score (nSPS) is 18.6. The highest BCUT2D eigenvalue weighted by Gasteiger charge is 2.39. The average molecular weight is 380 g/mol. The Labute approximate surface area is 151 Å². The van der Waals surface area contributed by atoms with E-state index in [0.29, 0.717) is 6.42 Å². The molecule has 3 N–H and O–H groups in total. The van der Waals surface area contributed by atoms with E-state index in [0.717, 1.165) is 0 Å². The molecule has 0 bridgehead atoms. The van der Waals surface area contributed by atoms with E-state index in [1.54, 1.807) is 12.1 Å². The molecule has 1 aromatic rings. The molecule has 0 spiro atoms. The van der Waals surface area contributed by atoms with E-state index in [1.165, 1.54) is 19.1 Å². The first-order valence-corrected chi connectivity index (χ1v) is 9.52. The molecule has 4 amide bonds. The van der Waals surface area contributed by atoms with Crippen LogP contribution in [0.5, 0.6) is 0 Å². The molecule has 140 valence electrons. The zero-order valence-electron chi connectivity index (χ0n) is 14.6. The van der Waals surface area contributed by atoms with Crippen LogP contribution in [0.15, 0.2) is 29.3 Å². The third-order valence-electron chi connectivity index (χ3n) is 3.85. The summed E-state index contributed by atoms with van der Waals surface area (Å²) >= 11 is 0. The Balaban J connectivity index is 2.33. The first-order chi connectivity index (χ1) is 12.2. The van der Waals surface area contributed by atoms with E-state index in [9.17, 15) is 22.8 Å². The summed E-state index contributed by atoms with van der Waals surface area (Å²) < 4.78 is 27.5. The molecular weight excluding hydrogens is 360 g/mol. The second-order valence-corrected chi connectivity index (χ2v) is 7.67. The lowest BCUT2D eigenvalue weighted by Crippen LogP contribution is -2.51. The quantitative estimate of drug-likeness (QED) is 0.678. The number of amides is 4. The van der Waals surface area contributed by atoms with E-state index in [2.05, 4.69) is 15.0 Å². The number of hydrogen-bond donors (Lipinski definition) is 3. The summed E-state index contributed by atoms with van der Waals surface area (Å²) in [5, 5.41) is 2.95. The maximum atomic E-state index is 12.6. The van der Waals surface area contributed by atoms with Gasteiger partial charge in [0.05, 0.1) is 17.0 Å². The number of urea groups is 1. The minimum atomic E-state index is -4.27. The molecule has 0 aromatic heterocycles. The van der Waals surface area contributed by atoms with Gasteiger partial charge in [-0.3, -0.25) is 19.6 Å². The molecule has 0 radical (unpaired) electrons. The fourth-order valence-corrected chi connectivity index (χ4v) is 3.80. The first-order valence-electron chi connectivity index (χ1n) is 7.97. The Bertz CT molecular complexity index is 878. The van der Waals surface area contributed by atoms with Gasteiger partial charge in [-0.1, -0.05) is 19.1 Å². The number of imide groups is 1. The molecule has 0 saturated carbocycles. The van der Waals surface area contributed by atoms with Gasteiger partial charge in [0, 0.05) is 6.04 Å². The van der Waals surface area contributed by atoms with Crippen LogP contribution in [-0.4, -0.2) is 43.3 Å². The molecule has 1 aliphatic heterocycles. The SMILES string of the molecule is CCC(C)NC(=O)c1ccccc1NS(=O)(=O)C1C(=O)NC(=O)N=C1C. The highest BCUT2D eigenvalue weighted by atomic mass is 32.2. The van der Waals surface area contributed by atoms with Crippen molar-refractivity contribution in [3.63, 3.8) is 0 Å². The fraction of sp³-hybridized carbons (Fsp3) is 0.375. The van der Waals surface area contributed by atoms with Crippen LogP contribution >= 0.6 is 0 Å². The van der Waals surface area contributed by atoms with Crippen LogP contribution in [0.3, 0.4) is 0 Å². The second kappa shape index (κ2) is 7.65. The highest BCUT2D eigenvalue weighted by Crippen LogP contribution is 2.20. The van der Waals surface area contributed by atoms with Gasteiger partial charge >= 0.3 is 6.03 Å². The zero-order chi connectivity index (χ0) is 19.5. The molecular formula is C16H20N4O5S. The Morgan fingerprint density at radius 2 is 1.96 bits per heavy atom. The maximum Gasteiger partial charge on any atom is 0.347 e. The monoisotopic (exact) mass is 380 g/mol. The van der Waals surface area contributed by atoms with E-state index >= 15 is 0 Å². The number of carbonyl (C=O) groups is 3. The number of hydrogen-bond acceptors (Lipinski definition) is 5. The summed E-state index contributed by atoms with van der Waals surface area (Å²) in [4.78, 5) is 39.0. The number of rotatable bonds is 6. The van der Waals surface area contributed by atoms with Crippen LogP contribution in [0.1, 0.15) is 37.6 Å². The number of nitrogens with one attached hydrogen (secondary N) is 3. The van der Waals surface area contributed by atoms with Gasteiger partial charge in [0.15, 0.2) is 5.25 Å². The van der Waals surface area contributed by atoms with Crippen molar-refractivity contribution in [2.24, 2.45) is 4.99 Å². The predicted molar refractivity (Wildman–Crippen MR) is 96.6 cm³/mol. The largest absolute Gasteiger partial charge is 0.350 e. The van der Waals surface area contributed by atoms with E-state index in [-0.39, 0.29) is 23.0 Å². The van der Waals surface area contributed by atoms with E-state index < -0.39 is 33.1 Å². The number of nitrogens with zero attached hydrogens (tertiary/aromatic N) is 1. The zero-order valence-corrected chi connectivity index (χ0v) is 15.4. The van der Waals surface area contributed by atoms with Crippen LogP contribution in [0.2, 0.25) is 0 Å². The van der Waals surface area contributed by atoms with Gasteiger partial charge < -0.3 is 5.32 Å². The molecule has 0 aliphatic carbocycles. The number of para-hydroxylation sites is 1. The van der Waals surface area contributed by atoms with Crippen LogP contribution in [0.25, 0.3) is 0 Å². The smallest absolute Gasteiger partial charge is 0.347 e. The Morgan fingerprint density at radius 1 is 1.31 bits per heavy atom. The summed E-state index contributed by atoms with van der Waals surface area (Å²) in [6, 6.07) is 5.05. The molecule has 0 fully saturated rings. The molecule has 1 aliphatic rings. The van der Waals surface area contributed by atoms with Gasteiger partial charge in [-0.05, 0) is 32.4 Å². The molecule has 2 atom stereocenters. The van der Waals surface area contributed by atoms with Crippen molar-refractivity contribution in [1.82, 2.24) is 10.6 Å². The van der Waals surface area contributed by atoms with Crippen molar-refractivity contribution >= 4 is 39.3 Å². The Hall–Kier alpha value is -2.75. The number of sulfonamides is 1. The van der Waals surface area contributed by atoms with E-state index in [1.807, 2.05) is 19.2 Å². The van der Waals surface area contributed by atoms with Crippen molar-refractivity contribution in [2.75, 3.05) is 4.72 Å². The Kier molecular flexibility index (Phi) is 5.76. The third-order valence-corrected chi connectivity index (χ3v) is 5.53. The molecule has 0 saturated heterocycles.